The quantitative estimate of drug-likeness (QED) is 0.464. The second-order valence-electron chi connectivity index (χ2n) is 5.33. The van der Waals surface area contributed by atoms with Crippen molar-refractivity contribution in [2.24, 2.45) is 5.10 Å². The number of hydrazone groups is 1. The average Bonchev–Trinajstić information content (AvgIpc) is 2.67. The molecule has 0 radical (unpaired) electrons. The van der Waals surface area contributed by atoms with E-state index in [4.69, 9.17) is 30.9 Å². The number of carbonyl (C=O) groups excluding carboxylic acids is 1. The smallest absolute Gasteiger partial charge is 0.341 e. The van der Waals surface area contributed by atoms with Crippen molar-refractivity contribution >= 4 is 29.7 Å². The predicted molar refractivity (Wildman–Crippen MR) is 103 cm³/mol. The van der Waals surface area contributed by atoms with Crippen molar-refractivity contribution < 1.29 is 28.9 Å². The lowest BCUT2D eigenvalue weighted by molar-refractivity contribution is -0.139. The zero-order chi connectivity index (χ0) is 20.4. The molecular formula is C19H19ClN2O6. The van der Waals surface area contributed by atoms with Crippen LogP contribution in [0.2, 0.25) is 5.02 Å². The number of carbonyl (C=O) groups is 2. The van der Waals surface area contributed by atoms with Crippen molar-refractivity contribution in [3.8, 4) is 17.2 Å². The third kappa shape index (κ3) is 6.81. The van der Waals surface area contributed by atoms with E-state index in [1.165, 1.54) is 6.21 Å². The standard InChI is InChI=1S/C19H19ClN2O6/c1-2-26-17-9-13(7-8-16(17)28-12-19(24)25)10-21-22-18(23)11-27-15-6-4-3-5-14(15)20/h3-10H,2,11-12H2,1H3,(H,22,23)(H,24,25)/b21-10-. The number of amides is 1. The molecule has 0 fully saturated rings. The fourth-order valence-electron chi connectivity index (χ4n) is 2.05. The normalized spacial score (nSPS) is 10.5. The number of hydrogen-bond donors (Lipinski definition) is 2. The van der Waals surface area contributed by atoms with Crippen LogP contribution in [0, 0.1) is 0 Å². The van der Waals surface area contributed by atoms with E-state index in [0.29, 0.717) is 34.4 Å². The number of para-hydroxylation sites is 1. The Morgan fingerprint density at radius 3 is 2.54 bits per heavy atom. The van der Waals surface area contributed by atoms with E-state index >= 15 is 0 Å². The van der Waals surface area contributed by atoms with E-state index in [9.17, 15) is 9.59 Å². The Balaban J connectivity index is 1.91. The first kappa shape index (κ1) is 21.0. The molecule has 2 aromatic carbocycles. The van der Waals surface area contributed by atoms with Gasteiger partial charge >= 0.3 is 5.97 Å². The molecule has 0 spiro atoms. The largest absolute Gasteiger partial charge is 0.490 e. The summed E-state index contributed by atoms with van der Waals surface area (Å²) in [6, 6.07) is 11.7. The highest BCUT2D eigenvalue weighted by molar-refractivity contribution is 6.32. The van der Waals surface area contributed by atoms with Crippen LogP contribution in [0.25, 0.3) is 0 Å². The Labute approximate surface area is 166 Å². The van der Waals surface area contributed by atoms with Crippen molar-refractivity contribution in [3.63, 3.8) is 0 Å². The number of carboxylic acids is 1. The van der Waals surface area contributed by atoms with Crippen molar-refractivity contribution in [2.45, 2.75) is 6.92 Å². The van der Waals surface area contributed by atoms with Crippen LogP contribution in [0.15, 0.2) is 47.6 Å². The molecule has 0 bridgehead atoms. The topological polar surface area (TPSA) is 106 Å². The number of halogens is 1. The van der Waals surface area contributed by atoms with Gasteiger partial charge in [-0.3, -0.25) is 4.79 Å². The van der Waals surface area contributed by atoms with Gasteiger partial charge in [-0.2, -0.15) is 5.10 Å². The number of ether oxygens (including phenoxy) is 3. The number of carboxylic acid groups (broad SMARTS) is 1. The van der Waals surface area contributed by atoms with E-state index in [-0.39, 0.29) is 6.61 Å². The maximum Gasteiger partial charge on any atom is 0.341 e. The first-order valence-corrected chi connectivity index (χ1v) is 8.68. The van der Waals surface area contributed by atoms with Crippen LogP contribution in [-0.4, -0.2) is 43.0 Å². The summed E-state index contributed by atoms with van der Waals surface area (Å²) in [7, 11) is 0. The SMILES string of the molecule is CCOc1cc(/C=N\NC(=O)COc2ccccc2Cl)ccc1OCC(=O)O. The van der Waals surface area contributed by atoms with Gasteiger partial charge in [-0.1, -0.05) is 23.7 Å². The molecule has 2 aromatic rings. The van der Waals surface area contributed by atoms with Crippen molar-refractivity contribution in [1.29, 1.82) is 0 Å². The van der Waals surface area contributed by atoms with Crippen LogP contribution in [0.4, 0.5) is 0 Å². The van der Waals surface area contributed by atoms with Crippen molar-refractivity contribution in [2.75, 3.05) is 19.8 Å². The fourth-order valence-corrected chi connectivity index (χ4v) is 2.24. The van der Waals surface area contributed by atoms with E-state index in [0.717, 1.165) is 0 Å². The third-order valence-corrected chi connectivity index (χ3v) is 3.53. The Bertz CT molecular complexity index is 856. The minimum absolute atomic E-state index is 0.243. The first-order chi connectivity index (χ1) is 13.5. The zero-order valence-corrected chi connectivity index (χ0v) is 15.8. The number of nitrogens with one attached hydrogen (secondary N) is 1. The Hall–Kier alpha value is -3.26. The van der Waals surface area contributed by atoms with Crippen LogP contribution in [0.1, 0.15) is 12.5 Å². The summed E-state index contributed by atoms with van der Waals surface area (Å²) in [5.41, 5.74) is 2.96. The highest BCUT2D eigenvalue weighted by atomic mass is 35.5. The summed E-state index contributed by atoms with van der Waals surface area (Å²) in [6.07, 6.45) is 1.41. The summed E-state index contributed by atoms with van der Waals surface area (Å²) in [4.78, 5) is 22.4. The van der Waals surface area contributed by atoms with Gasteiger partial charge in [0, 0.05) is 0 Å². The number of nitrogens with zero attached hydrogens (tertiary/aromatic N) is 1. The molecule has 1 amide bonds. The molecule has 148 valence electrons. The van der Waals surface area contributed by atoms with Crippen LogP contribution in [0.3, 0.4) is 0 Å². The highest BCUT2D eigenvalue weighted by Crippen LogP contribution is 2.28. The summed E-state index contributed by atoms with van der Waals surface area (Å²) < 4.78 is 15.9. The number of aliphatic carboxylic acids is 1. The number of hydrogen-bond acceptors (Lipinski definition) is 6. The first-order valence-electron chi connectivity index (χ1n) is 8.30. The van der Waals surface area contributed by atoms with Gasteiger partial charge in [-0.25, -0.2) is 10.2 Å². The van der Waals surface area contributed by atoms with Crippen LogP contribution in [-0.2, 0) is 9.59 Å². The van der Waals surface area contributed by atoms with Crippen LogP contribution < -0.4 is 19.6 Å². The van der Waals surface area contributed by atoms with Crippen molar-refractivity contribution in [3.05, 3.63) is 53.1 Å². The molecule has 0 heterocycles. The predicted octanol–water partition coefficient (Wildman–Crippen LogP) is 2.73. The zero-order valence-electron chi connectivity index (χ0n) is 15.1. The molecule has 2 rings (SSSR count). The van der Waals surface area contributed by atoms with E-state index in [2.05, 4.69) is 10.5 Å². The molecule has 28 heavy (non-hydrogen) atoms. The molecule has 0 unspecified atom stereocenters. The second kappa shape index (κ2) is 10.8. The summed E-state index contributed by atoms with van der Waals surface area (Å²) in [5.74, 6) is -0.460. The van der Waals surface area contributed by atoms with E-state index in [1.807, 2.05) is 0 Å². The van der Waals surface area contributed by atoms with Gasteiger partial charge in [-0.15, -0.1) is 0 Å². The van der Waals surface area contributed by atoms with Gasteiger partial charge in [-0.05, 0) is 42.8 Å². The molecule has 0 aliphatic carbocycles. The van der Waals surface area contributed by atoms with Gasteiger partial charge in [0.1, 0.15) is 5.75 Å². The van der Waals surface area contributed by atoms with E-state index in [1.54, 1.807) is 49.4 Å². The molecule has 0 saturated heterocycles. The van der Waals surface area contributed by atoms with Gasteiger partial charge in [0.15, 0.2) is 24.7 Å². The molecular weight excluding hydrogens is 388 g/mol. The average molecular weight is 407 g/mol. The molecule has 9 heteroatoms. The lowest BCUT2D eigenvalue weighted by Crippen LogP contribution is -2.24. The molecule has 0 aliphatic rings. The summed E-state index contributed by atoms with van der Waals surface area (Å²) in [6.45, 7) is 1.45. The molecule has 0 aromatic heterocycles. The molecule has 8 nitrogen and oxygen atoms in total. The molecule has 0 atom stereocenters. The van der Waals surface area contributed by atoms with E-state index < -0.39 is 18.5 Å². The Morgan fingerprint density at radius 1 is 1.07 bits per heavy atom. The Kier molecular flexibility index (Phi) is 8.11. The fraction of sp³-hybridized carbons (Fsp3) is 0.211. The maximum absolute atomic E-state index is 11.8. The van der Waals surface area contributed by atoms with Crippen molar-refractivity contribution in [1.82, 2.24) is 5.43 Å². The van der Waals surface area contributed by atoms with Gasteiger partial charge in [0.2, 0.25) is 0 Å². The molecule has 2 N–H and O–H groups in total. The minimum Gasteiger partial charge on any atom is -0.490 e. The van der Waals surface area contributed by atoms with Gasteiger partial charge < -0.3 is 19.3 Å². The molecule has 0 aliphatic heterocycles. The second-order valence-corrected chi connectivity index (χ2v) is 5.74. The summed E-state index contributed by atoms with van der Waals surface area (Å²) in [5, 5.41) is 13.0. The van der Waals surface area contributed by atoms with Gasteiger partial charge in [0.25, 0.3) is 5.91 Å². The van der Waals surface area contributed by atoms with Gasteiger partial charge in [0.05, 0.1) is 17.8 Å². The van der Waals surface area contributed by atoms with Crippen LogP contribution in [0.5, 0.6) is 17.2 Å². The summed E-state index contributed by atoms with van der Waals surface area (Å²) >= 11 is 5.94. The monoisotopic (exact) mass is 406 g/mol. The van der Waals surface area contributed by atoms with Crippen LogP contribution >= 0.6 is 11.6 Å². The number of benzene rings is 2. The lowest BCUT2D eigenvalue weighted by atomic mass is 10.2. The molecule has 0 saturated carbocycles. The minimum atomic E-state index is -1.09. The third-order valence-electron chi connectivity index (χ3n) is 3.22. The number of rotatable bonds is 10. The maximum atomic E-state index is 11.8. The highest BCUT2D eigenvalue weighted by Gasteiger charge is 2.08. The lowest BCUT2D eigenvalue weighted by Gasteiger charge is -2.11. The Morgan fingerprint density at radius 2 is 1.82 bits per heavy atom.